The monoisotopic (exact) mass is 177 g/mol. The predicted octanol–water partition coefficient (Wildman–Crippen LogP) is 1.98. The molecule has 1 N–H and O–H groups in total. The molecular formula is C11H15NO. The third-order valence-electron chi connectivity index (χ3n) is 1.49. The number of likely N-dealkylation sites (N-methyl/N-ethyl adjacent to an activating group) is 1. The second-order valence-electron chi connectivity index (χ2n) is 2.53. The van der Waals surface area contributed by atoms with Gasteiger partial charge in [0.15, 0.2) is 0 Å². The van der Waals surface area contributed by atoms with Crippen molar-refractivity contribution in [3.63, 3.8) is 0 Å². The molecule has 0 aliphatic rings. The Morgan fingerprint density at radius 3 is 2.38 bits per heavy atom. The molecule has 0 bridgehead atoms. The van der Waals surface area contributed by atoms with Crippen molar-refractivity contribution in [2.24, 2.45) is 0 Å². The van der Waals surface area contributed by atoms with E-state index in [-0.39, 0.29) is 5.91 Å². The fourth-order valence-electron chi connectivity index (χ4n) is 0.765. The van der Waals surface area contributed by atoms with Crippen LogP contribution in [0.4, 0.5) is 0 Å². The molecular weight excluding hydrogens is 162 g/mol. The average Bonchev–Trinajstić information content (AvgIpc) is 2.15. The summed E-state index contributed by atoms with van der Waals surface area (Å²) in [5.41, 5.74) is 1.52. The number of rotatable bonds is 4. The lowest BCUT2D eigenvalue weighted by molar-refractivity contribution is -0.116. The van der Waals surface area contributed by atoms with Gasteiger partial charge in [-0.2, -0.15) is 0 Å². The summed E-state index contributed by atoms with van der Waals surface area (Å²) < 4.78 is 0. The third-order valence-corrected chi connectivity index (χ3v) is 1.49. The first-order valence-electron chi connectivity index (χ1n) is 4.01. The van der Waals surface area contributed by atoms with Crippen LogP contribution in [0.3, 0.4) is 0 Å². The van der Waals surface area contributed by atoms with Crippen LogP contribution in [0.2, 0.25) is 0 Å². The van der Waals surface area contributed by atoms with E-state index in [0.717, 1.165) is 5.57 Å². The lowest BCUT2D eigenvalue weighted by atomic mass is 10.1. The zero-order valence-corrected chi connectivity index (χ0v) is 8.13. The Kier molecular flexibility index (Phi) is 5.28. The zero-order chi connectivity index (χ0) is 10.3. The molecule has 0 aromatic heterocycles. The van der Waals surface area contributed by atoms with E-state index in [1.807, 2.05) is 6.92 Å². The highest BCUT2D eigenvalue weighted by atomic mass is 16.1. The highest BCUT2D eigenvalue weighted by Gasteiger charge is 2.01. The lowest BCUT2D eigenvalue weighted by Crippen LogP contribution is -2.19. The number of hydrogen-bond donors (Lipinski definition) is 1. The first-order valence-corrected chi connectivity index (χ1v) is 4.01. The summed E-state index contributed by atoms with van der Waals surface area (Å²) in [6.45, 7) is 9.03. The molecule has 2 nitrogen and oxygen atoms in total. The van der Waals surface area contributed by atoms with E-state index in [1.165, 1.54) is 0 Å². The number of carbonyl (C=O) groups is 1. The molecule has 0 aromatic rings. The minimum absolute atomic E-state index is 0.124. The van der Waals surface area contributed by atoms with Gasteiger partial charge in [0.05, 0.1) is 0 Å². The van der Waals surface area contributed by atoms with E-state index in [0.29, 0.717) is 5.57 Å². The van der Waals surface area contributed by atoms with Gasteiger partial charge in [0.1, 0.15) is 0 Å². The summed E-state index contributed by atoms with van der Waals surface area (Å²) in [5.74, 6) is -0.124. The molecule has 0 saturated carbocycles. The van der Waals surface area contributed by atoms with E-state index >= 15 is 0 Å². The van der Waals surface area contributed by atoms with E-state index in [2.05, 4.69) is 18.5 Å². The second kappa shape index (κ2) is 6.00. The van der Waals surface area contributed by atoms with Crippen LogP contribution in [0.5, 0.6) is 0 Å². The highest BCUT2D eigenvalue weighted by molar-refractivity contribution is 5.96. The first-order chi connectivity index (χ1) is 6.15. The topological polar surface area (TPSA) is 29.1 Å². The van der Waals surface area contributed by atoms with Crippen molar-refractivity contribution in [3.8, 4) is 0 Å². The summed E-state index contributed by atoms with van der Waals surface area (Å²) in [6.07, 6.45) is 6.69. The minimum atomic E-state index is -0.124. The Labute approximate surface area is 79.3 Å². The van der Waals surface area contributed by atoms with Gasteiger partial charge in [-0.1, -0.05) is 37.0 Å². The molecule has 0 radical (unpaired) electrons. The van der Waals surface area contributed by atoms with Crippen molar-refractivity contribution in [1.82, 2.24) is 5.32 Å². The van der Waals surface area contributed by atoms with Gasteiger partial charge in [-0.15, -0.1) is 0 Å². The summed E-state index contributed by atoms with van der Waals surface area (Å²) in [6, 6.07) is 0. The maximum absolute atomic E-state index is 11.2. The Balaban J connectivity index is 4.83. The van der Waals surface area contributed by atoms with Crippen LogP contribution in [0, 0.1) is 0 Å². The van der Waals surface area contributed by atoms with Gasteiger partial charge in [0, 0.05) is 12.6 Å². The van der Waals surface area contributed by atoms with Crippen molar-refractivity contribution < 1.29 is 4.79 Å². The van der Waals surface area contributed by atoms with Crippen molar-refractivity contribution in [3.05, 3.63) is 48.6 Å². The van der Waals surface area contributed by atoms with Crippen LogP contribution in [-0.2, 0) is 4.79 Å². The Morgan fingerprint density at radius 2 is 2.00 bits per heavy atom. The van der Waals surface area contributed by atoms with Gasteiger partial charge in [-0.3, -0.25) is 4.79 Å². The molecule has 0 saturated heterocycles. The van der Waals surface area contributed by atoms with Crippen molar-refractivity contribution in [2.45, 2.75) is 6.92 Å². The molecule has 0 aliphatic heterocycles. The Bertz CT molecular complexity index is 272. The van der Waals surface area contributed by atoms with Crippen molar-refractivity contribution >= 4 is 5.91 Å². The quantitative estimate of drug-likeness (QED) is 0.516. The molecule has 13 heavy (non-hydrogen) atoms. The van der Waals surface area contributed by atoms with E-state index in [9.17, 15) is 4.79 Å². The summed E-state index contributed by atoms with van der Waals surface area (Å²) in [7, 11) is 1.59. The smallest absolute Gasteiger partial charge is 0.251 e. The summed E-state index contributed by atoms with van der Waals surface area (Å²) >= 11 is 0. The van der Waals surface area contributed by atoms with Crippen molar-refractivity contribution in [2.75, 3.05) is 7.05 Å². The third kappa shape index (κ3) is 4.11. The van der Waals surface area contributed by atoms with Gasteiger partial charge >= 0.3 is 0 Å². The Morgan fingerprint density at radius 1 is 1.38 bits per heavy atom. The second-order valence-corrected chi connectivity index (χ2v) is 2.53. The molecule has 0 aliphatic carbocycles. The predicted molar refractivity (Wildman–Crippen MR) is 56.3 cm³/mol. The first kappa shape index (κ1) is 11.4. The molecule has 70 valence electrons. The van der Waals surface area contributed by atoms with Crippen LogP contribution in [0.25, 0.3) is 0 Å². The molecule has 0 atom stereocenters. The SMILES string of the molecule is C=C/C=C(\C=C(\C)C=C)C(=O)NC. The van der Waals surface area contributed by atoms with E-state index < -0.39 is 0 Å². The van der Waals surface area contributed by atoms with Crippen LogP contribution in [-0.4, -0.2) is 13.0 Å². The van der Waals surface area contributed by atoms with Crippen LogP contribution in [0.15, 0.2) is 48.6 Å². The number of allylic oxidation sites excluding steroid dienone is 4. The van der Waals surface area contributed by atoms with Gasteiger partial charge in [-0.05, 0) is 13.0 Å². The van der Waals surface area contributed by atoms with E-state index in [1.54, 1.807) is 31.4 Å². The van der Waals surface area contributed by atoms with Gasteiger partial charge in [0.2, 0.25) is 0 Å². The van der Waals surface area contributed by atoms with Gasteiger partial charge in [0.25, 0.3) is 5.91 Å². The van der Waals surface area contributed by atoms with E-state index in [4.69, 9.17) is 0 Å². The Hall–Kier alpha value is -1.57. The molecule has 0 aromatic carbocycles. The van der Waals surface area contributed by atoms with Crippen LogP contribution < -0.4 is 5.32 Å². The molecule has 0 rings (SSSR count). The number of nitrogens with one attached hydrogen (secondary N) is 1. The number of hydrogen-bond acceptors (Lipinski definition) is 1. The maximum Gasteiger partial charge on any atom is 0.251 e. The highest BCUT2D eigenvalue weighted by Crippen LogP contribution is 2.03. The zero-order valence-electron chi connectivity index (χ0n) is 8.13. The standard InChI is InChI=1S/C11H15NO/c1-5-7-10(11(13)12-4)8-9(3)6-2/h5-8H,1-2H2,3-4H3,(H,12,13)/b9-8-,10-7+. The fraction of sp³-hybridized carbons (Fsp3) is 0.182. The molecule has 0 heterocycles. The molecule has 0 spiro atoms. The molecule has 0 fully saturated rings. The van der Waals surface area contributed by atoms with Crippen LogP contribution in [0.1, 0.15) is 6.92 Å². The maximum atomic E-state index is 11.2. The molecule has 2 heteroatoms. The van der Waals surface area contributed by atoms with Crippen LogP contribution >= 0.6 is 0 Å². The summed E-state index contributed by atoms with van der Waals surface area (Å²) in [4.78, 5) is 11.2. The van der Waals surface area contributed by atoms with Gasteiger partial charge in [-0.25, -0.2) is 0 Å². The summed E-state index contributed by atoms with van der Waals surface area (Å²) in [5, 5.41) is 2.55. The number of carbonyl (C=O) groups excluding carboxylic acids is 1. The van der Waals surface area contributed by atoms with Gasteiger partial charge < -0.3 is 5.32 Å². The molecule has 0 unspecified atom stereocenters. The largest absolute Gasteiger partial charge is 0.355 e. The average molecular weight is 177 g/mol. The normalized spacial score (nSPS) is 12.2. The minimum Gasteiger partial charge on any atom is -0.355 e. The lowest BCUT2D eigenvalue weighted by Gasteiger charge is -2.00. The van der Waals surface area contributed by atoms with Crippen molar-refractivity contribution in [1.29, 1.82) is 0 Å². The number of amides is 1. The molecule has 1 amide bonds. The fourth-order valence-corrected chi connectivity index (χ4v) is 0.765.